The molecule has 0 bridgehead atoms. The maximum Gasteiger partial charge on any atom is 0.573 e. The van der Waals surface area contributed by atoms with Crippen molar-refractivity contribution in [1.82, 2.24) is 0 Å². The van der Waals surface area contributed by atoms with Crippen LogP contribution in [-0.4, -0.2) is 110 Å². The number of fused-ring (bicyclic) bond motifs is 2. The fourth-order valence-electron chi connectivity index (χ4n) is 6.06. The third-order valence-corrected chi connectivity index (χ3v) is 10.1. The van der Waals surface area contributed by atoms with Crippen molar-refractivity contribution >= 4 is 33.7 Å². The van der Waals surface area contributed by atoms with Crippen LogP contribution in [0.4, 0.5) is 13.2 Å². The van der Waals surface area contributed by atoms with Gasteiger partial charge in [0.05, 0.1) is 37.6 Å². The quantitative estimate of drug-likeness (QED) is 0.118. The molecule has 288 valence electrons. The van der Waals surface area contributed by atoms with Gasteiger partial charge in [0, 0.05) is 10.8 Å². The van der Waals surface area contributed by atoms with Crippen LogP contribution in [-0.2, 0) is 32.2 Å². The average molecular weight is 773 g/mol. The monoisotopic (exact) mass is 772 g/mol. The minimum atomic E-state index is -4.97. The smallest absolute Gasteiger partial charge is 0.422 e. The van der Waals surface area contributed by atoms with E-state index >= 15 is 0 Å². The van der Waals surface area contributed by atoms with Gasteiger partial charge in [-0.25, -0.2) is 9.59 Å². The SMILES string of the molecule is Cc1ccc2oc(=O)c(CO[C@@H]3C(O)[C@H](S[C@@H]4OC(CO)[C@H](O)C(OCc5cc6cc(OC(F)(F)F)ccc6oc5=O)[C@H]4O)OC(CO)[C@@H]3O)cc2c1. The lowest BCUT2D eigenvalue weighted by molar-refractivity contribution is -0.274. The molecular formula is C34H35F3O15S. The minimum absolute atomic E-state index is 0.0494. The molecule has 2 saturated heterocycles. The van der Waals surface area contributed by atoms with Crippen LogP contribution < -0.4 is 16.0 Å². The van der Waals surface area contributed by atoms with Crippen LogP contribution in [0.15, 0.2) is 67.0 Å². The van der Waals surface area contributed by atoms with E-state index in [0.717, 1.165) is 23.8 Å². The van der Waals surface area contributed by atoms with Crippen molar-refractivity contribution in [2.45, 2.75) is 86.2 Å². The molecule has 10 atom stereocenters. The van der Waals surface area contributed by atoms with Crippen molar-refractivity contribution in [3.8, 4) is 5.75 Å². The molecule has 6 rings (SSSR count). The number of benzene rings is 2. The van der Waals surface area contributed by atoms with Gasteiger partial charge in [-0.1, -0.05) is 23.4 Å². The van der Waals surface area contributed by atoms with Crippen LogP contribution in [0.25, 0.3) is 21.9 Å². The van der Waals surface area contributed by atoms with Crippen molar-refractivity contribution in [2.24, 2.45) is 0 Å². The number of thioether (sulfide) groups is 1. The number of alkyl halides is 3. The summed E-state index contributed by atoms with van der Waals surface area (Å²) in [5.74, 6) is -0.572. The van der Waals surface area contributed by atoms with Gasteiger partial charge in [-0.05, 0) is 49.4 Å². The number of aliphatic hydroxyl groups excluding tert-OH is 6. The standard InChI is InChI=1S/C34H35F3O15S/c1-14-2-4-20-15(6-14)7-17(30(44)48-20)12-46-28-24(40)22(10-38)50-32(26(28)42)53-33-27(43)29(25(41)23(11-39)51-33)47-13-18-8-16-9-19(52-34(35,36)37)3-5-21(16)49-31(18)45/h2-9,22-29,32-33,38-43H,10-13H2,1H3/t22?,23?,24-,25-,26?,27+,28-,29?,32-,33-/m0/s1. The molecule has 0 amide bonds. The first-order valence-corrected chi connectivity index (χ1v) is 17.1. The van der Waals surface area contributed by atoms with Gasteiger partial charge in [-0.3, -0.25) is 0 Å². The summed E-state index contributed by atoms with van der Waals surface area (Å²) in [6.45, 7) is -0.656. The van der Waals surface area contributed by atoms with Gasteiger partial charge in [-0.15, -0.1) is 13.2 Å². The highest BCUT2D eigenvalue weighted by molar-refractivity contribution is 8.00. The number of aryl methyl sites for hydroxylation is 1. The van der Waals surface area contributed by atoms with Crippen LogP contribution in [0, 0.1) is 6.92 Å². The van der Waals surface area contributed by atoms with Crippen LogP contribution in [0.1, 0.15) is 16.7 Å². The summed E-state index contributed by atoms with van der Waals surface area (Å²) < 4.78 is 75.5. The topological polar surface area (TPSA) is 228 Å². The Morgan fingerprint density at radius 1 is 0.698 bits per heavy atom. The highest BCUT2D eigenvalue weighted by atomic mass is 32.2. The molecule has 0 spiro atoms. The van der Waals surface area contributed by atoms with Gasteiger partial charge in [0.2, 0.25) is 0 Å². The maximum atomic E-state index is 12.7. The number of rotatable bonds is 11. The Kier molecular flexibility index (Phi) is 11.8. The Morgan fingerprint density at radius 2 is 1.17 bits per heavy atom. The first-order chi connectivity index (χ1) is 25.1. The number of ether oxygens (including phenoxy) is 5. The largest absolute Gasteiger partial charge is 0.573 e. The summed E-state index contributed by atoms with van der Waals surface area (Å²) in [5.41, 5.74) is -3.30. The Labute approximate surface area is 301 Å². The molecule has 0 aliphatic carbocycles. The fourth-order valence-corrected chi connectivity index (χ4v) is 7.37. The lowest BCUT2D eigenvalue weighted by Gasteiger charge is -2.46. The molecular weight excluding hydrogens is 737 g/mol. The van der Waals surface area contributed by atoms with Gasteiger partial charge in [0.15, 0.2) is 0 Å². The molecule has 2 aromatic carbocycles. The average Bonchev–Trinajstić information content (AvgIpc) is 3.10. The third kappa shape index (κ3) is 8.71. The first-order valence-electron chi connectivity index (χ1n) is 16.1. The molecule has 4 unspecified atom stereocenters. The molecule has 19 heteroatoms. The molecule has 2 aliphatic rings. The van der Waals surface area contributed by atoms with E-state index in [4.69, 9.17) is 27.8 Å². The summed E-state index contributed by atoms with van der Waals surface area (Å²) >= 11 is 0.653. The second-order valence-corrected chi connectivity index (χ2v) is 13.7. The second kappa shape index (κ2) is 16.0. The summed E-state index contributed by atoms with van der Waals surface area (Å²) in [7, 11) is 0. The molecule has 4 aromatic rings. The molecule has 2 aliphatic heterocycles. The minimum Gasteiger partial charge on any atom is -0.422 e. The van der Waals surface area contributed by atoms with Crippen molar-refractivity contribution < 1.29 is 76.3 Å². The van der Waals surface area contributed by atoms with E-state index in [0.29, 0.717) is 22.7 Å². The third-order valence-electron chi connectivity index (χ3n) is 8.74. The molecule has 2 aromatic heterocycles. The van der Waals surface area contributed by atoms with Crippen LogP contribution in [0.5, 0.6) is 5.75 Å². The van der Waals surface area contributed by atoms with E-state index in [1.54, 1.807) is 24.3 Å². The number of hydrogen-bond acceptors (Lipinski definition) is 16. The molecule has 2 fully saturated rings. The van der Waals surface area contributed by atoms with Crippen molar-refractivity contribution in [3.63, 3.8) is 0 Å². The van der Waals surface area contributed by atoms with E-state index in [9.17, 15) is 53.4 Å². The van der Waals surface area contributed by atoms with Crippen molar-refractivity contribution in [1.29, 1.82) is 0 Å². The molecule has 15 nitrogen and oxygen atoms in total. The Morgan fingerprint density at radius 3 is 1.64 bits per heavy atom. The van der Waals surface area contributed by atoms with Gasteiger partial charge in [-0.2, -0.15) is 0 Å². The zero-order chi connectivity index (χ0) is 38.2. The highest BCUT2D eigenvalue weighted by Crippen LogP contribution is 2.38. The normalized spacial score (nSPS) is 29.5. The van der Waals surface area contributed by atoms with E-state index < -0.39 is 109 Å². The number of aliphatic hydroxyl groups is 6. The van der Waals surface area contributed by atoms with Crippen LogP contribution >= 0.6 is 11.8 Å². The van der Waals surface area contributed by atoms with E-state index in [1.165, 1.54) is 6.07 Å². The molecule has 6 N–H and O–H groups in total. The zero-order valence-corrected chi connectivity index (χ0v) is 28.4. The van der Waals surface area contributed by atoms with Crippen LogP contribution in [0.2, 0.25) is 0 Å². The summed E-state index contributed by atoms with van der Waals surface area (Å²) in [6, 6.07) is 11.0. The number of hydrogen-bond donors (Lipinski definition) is 6. The van der Waals surface area contributed by atoms with Crippen molar-refractivity contribution in [3.05, 3.63) is 86.1 Å². The Hall–Kier alpha value is -3.60. The van der Waals surface area contributed by atoms with E-state index in [1.807, 2.05) is 6.92 Å². The number of halogens is 3. The lowest BCUT2D eigenvalue weighted by Crippen LogP contribution is -2.61. The van der Waals surface area contributed by atoms with Crippen molar-refractivity contribution in [2.75, 3.05) is 13.2 Å². The van der Waals surface area contributed by atoms with Crippen LogP contribution in [0.3, 0.4) is 0 Å². The fraction of sp³-hybridized carbons (Fsp3) is 0.471. The molecule has 0 radical (unpaired) electrons. The summed E-state index contributed by atoms with van der Waals surface area (Å²) in [4.78, 5) is 25.3. The van der Waals surface area contributed by atoms with Gasteiger partial charge < -0.3 is 63.2 Å². The van der Waals surface area contributed by atoms with E-state index in [-0.39, 0.29) is 22.1 Å². The Balaban J connectivity index is 1.17. The lowest BCUT2D eigenvalue weighted by atomic mass is 9.99. The predicted molar refractivity (Wildman–Crippen MR) is 177 cm³/mol. The summed E-state index contributed by atoms with van der Waals surface area (Å²) in [5, 5.41) is 64.9. The van der Waals surface area contributed by atoms with Gasteiger partial charge >= 0.3 is 17.6 Å². The van der Waals surface area contributed by atoms with Gasteiger partial charge in [0.1, 0.15) is 76.6 Å². The van der Waals surface area contributed by atoms with E-state index in [2.05, 4.69) is 4.74 Å². The maximum absolute atomic E-state index is 12.7. The second-order valence-electron chi connectivity index (χ2n) is 12.5. The van der Waals surface area contributed by atoms with Gasteiger partial charge in [0.25, 0.3) is 0 Å². The molecule has 53 heavy (non-hydrogen) atoms. The first kappa shape index (κ1) is 39.1. The predicted octanol–water partition coefficient (Wildman–Crippen LogP) is 1.19. The Bertz CT molecular complexity index is 2020. The molecule has 0 saturated carbocycles. The zero-order valence-electron chi connectivity index (χ0n) is 27.6. The highest BCUT2D eigenvalue weighted by Gasteiger charge is 2.51. The summed E-state index contributed by atoms with van der Waals surface area (Å²) in [6.07, 6.45) is -17.2. The molecule has 4 heterocycles.